The van der Waals surface area contributed by atoms with E-state index in [1.54, 1.807) is 49.5 Å². The standard InChI is InChI=1S/C22H22N2O5/c1-3-4-12-28-21(26)14-8-10-15(11-9-14)24-13-17-19(25)16-6-5-7-18(23-2)20(16)29-22(17)27/h5-11,13,23-24H,3-4,12H2,1-2H3. The van der Waals surface area contributed by atoms with E-state index in [2.05, 4.69) is 10.6 Å². The van der Waals surface area contributed by atoms with Crippen LogP contribution in [-0.2, 0) is 9.53 Å². The van der Waals surface area contributed by atoms with Crippen molar-refractivity contribution in [3.05, 3.63) is 65.4 Å². The molecule has 1 aliphatic rings. The van der Waals surface area contributed by atoms with E-state index in [9.17, 15) is 14.4 Å². The van der Waals surface area contributed by atoms with Crippen molar-refractivity contribution in [2.75, 3.05) is 24.3 Å². The van der Waals surface area contributed by atoms with Gasteiger partial charge in [0.25, 0.3) is 0 Å². The summed E-state index contributed by atoms with van der Waals surface area (Å²) in [7, 11) is 1.68. The first-order chi connectivity index (χ1) is 14.0. The monoisotopic (exact) mass is 394 g/mol. The van der Waals surface area contributed by atoms with Crippen LogP contribution < -0.4 is 15.4 Å². The largest absolute Gasteiger partial charge is 0.462 e. The summed E-state index contributed by atoms with van der Waals surface area (Å²) in [5.74, 6) is -1.30. The minimum Gasteiger partial charge on any atom is -0.462 e. The Balaban J connectivity index is 1.72. The highest BCUT2D eigenvalue weighted by molar-refractivity contribution is 6.28. The normalized spacial score (nSPS) is 14.2. The van der Waals surface area contributed by atoms with Crippen LogP contribution >= 0.6 is 0 Å². The van der Waals surface area contributed by atoms with Gasteiger partial charge in [0, 0.05) is 18.9 Å². The zero-order valence-electron chi connectivity index (χ0n) is 16.3. The van der Waals surface area contributed by atoms with Crippen LogP contribution in [0.5, 0.6) is 5.75 Å². The fourth-order valence-electron chi connectivity index (χ4n) is 2.78. The van der Waals surface area contributed by atoms with Gasteiger partial charge in [-0.25, -0.2) is 9.59 Å². The summed E-state index contributed by atoms with van der Waals surface area (Å²) in [5.41, 5.74) is 1.82. The third-order valence-corrected chi connectivity index (χ3v) is 4.42. The van der Waals surface area contributed by atoms with Gasteiger partial charge in [0.15, 0.2) is 5.75 Å². The van der Waals surface area contributed by atoms with Crippen molar-refractivity contribution in [1.29, 1.82) is 0 Å². The third-order valence-electron chi connectivity index (χ3n) is 4.42. The molecule has 0 spiro atoms. The van der Waals surface area contributed by atoms with E-state index in [1.807, 2.05) is 6.92 Å². The van der Waals surface area contributed by atoms with Crippen molar-refractivity contribution in [2.45, 2.75) is 19.8 Å². The van der Waals surface area contributed by atoms with Crippen molar-refractivity contribution < 1.29 is 23.9 Å². The van der Waals surface area contributed by atoms with Crippen LogP contribution in [0.1, 0.15) is 40.5 Å². The zero-order valence-corrected chi connectivity index (χ0v) is 16.3. The molecule has 0 bridgehead atoms. The Morgan fingerprint density at radius 2 is 1.90 bits per heavy atom. The molecule has 0 fully saturated rings. The average Bonchev–Trinajstić information content (AvgIpc) is 2.73. The Hall–Kier alpha value is -3.61. The molecule has 0 amide bonds. The number of ether oxygens (including phenoxy) is 2. The van der Waals surface area contributed by atoms with Gasteiger partial charge < -0.3 is 20.1 Å². The van der Waals surface area contributed by atoms with Crippen molar-refractivity contribution in [3.63, 3.8) is 0 Å². The van der Waals surface area contributed by atoms with Gasteiger partial charge in [-0.05, 0) is 42.8 Å². The fourth-order valence-corrected chi connectivity index (χ4v) is 2.78. The van der Waals surface area contributed by atoms with E-state index in [0.29, 0.717) is 29.1 Å². The minimum atomic E-state index is -0.728. The van der Waals surface area contributed by atoms with Gasteiger partial charge in [-0.3, -0.25) is 4.79 Å². The molecule has 0 saturated carbocycles. The topological polar surface area (TPSA) is 93.7 Å². The summed E-state index contributed by atoms with van der Waals surface area (Å²) in [6, 6.07) is 11.6. The number of esters is 2. The smallest absolute Gasteiger partial charge is 0.349 e. The lowest BCUT2D eigenvalue weighted by Crippen LogP contribution is -2.26. The molecule has 1 aliphatic heterocycles. The Morgan fingerprint density at radius 1 is 1.14 bits per heavy atom. The van der Waals surface area contributed by atoms with Crippen LogP contribution in [0, 0.1) is 0 Å². The van der Waals surface area contributed by atoms with E-state index >= 15 is 0 Å². The molecule has 0 aliphatic carbocycles. The van der Waals surface area contributed by atoms with E-state index in [1.165, 1.54) is 6.20 Å². The number of carbonyl (C=O) groups excluding carboxylic acids is 3. The molecule has 0 aromatic heterocycles. The molecule has 1 heterocycles. The van der Waals surface area contributed by atoms with Crippen LogP contribution in [0.25, 0.3) is 0 Å². The van der Waals surface area contributed by atoms with E-state index < -0.39 is 11.8 Å². The highest BCUT2D eigenvalue weighted by Crippen LogP contribution is 2.34. The quantitative estimate of drug-likeness (QED) is 0.243. The van der Waals surface area contributed by atoms with Crippen LogP contribution in [0.2, 0.25) is 0 Å². The van der Waals surface area contributed by atoms with Crippen molar-refractivity contribution >= 4 is 29.1 Å². The summed E-state index contributed by atoms with van der Waals surface area (Å²) < 4.78 is 10.5. The van der Waals surface area contributed by atoms with Gasteiger partial charge in [0.05, 0.1) is 23.4 Å². The van der Waals surface area contributed by atoms with Crippen LogP contribution in [0.4, 0.5) is 11.4 Å². The van der Waals surface area contributed by atoms with Gasteiger partial charge in [0.2, 0.25) is 5.78 Å². The summed E-state index contributed by atoms with van der Waals surface area (Å²) in [6.07, 6.45) is 3.09. The molecule has 2 aromatic carbocycles. The Kier molecular flexibility index (Phi) is 6.29. The molecule has 3 rings (SSSR count). The van der Waals surface area contributed by atoms with Gasteiger partial charge in [-0.1, -0.05) is 19.4 Å². The second-order valence-electron chi connectivity index (χ2n) is 6.42. The summed E-state index contributed by atoms with van der Waals surface area (Å²) in [4.78, 5) is 36.9. The predicted octanol–water partition coefficient (Wildman–Crippen LogP) is 3.78. The SMILES string of the molecule is CCCCOC(=O)c1ccc(NC=C2C(=O)Oc3c(NC)cccc3C2=O)cc1. The lowest BCUT2D eigenvalue weighted by Gasteiger charge is -2.19. The third kappa shape index (κ3) is 4.45. The van der Waals surface area contributed by atoms with Gasteiger partial charge in [-0.15, -0.1) is 0 Å². The van der Waals surface area contributed by atoms with Gasteiger partial charge in [0.1, 0.15) is 5.57 Å². The molecule has 29 heavy (non-hydrogen) atoms. The Labute approximate surface area is 168 Å². The lowest BCUT2D eigenvalue weighted by molar-refractivity contribution is -0.130. The number of fused-ring (bicyclic) bond motifs is 1. The summed E-state index contributed by atoms with van der Waals surface area (Å²) in [5, 5.41) is 5.80. The number of ketones is 1. The molecule has 7 heteroatoms. The van der Waals surface area contributed by atoms with Crippen LogP contribution in [0.15, 0.2) is 54.2 Å². The highest BCUT2D eigenvalue weighted by Gasteiger charge is 2.32. The van der Waals surface area contributed by atoms with Crippen molar-refractivity contribution in [2.24, 2.45) is 0 Å². The minimum absolute atomic E-state index is 0.103. The Bertz CT molecular complexity index is 964. The second kappa shape index (κ2) is 9.05. The number of anilines is 2. The Morgan fingerprint density at radius 3 is 2.59 bits per heavy atom. The number of hydrogen-bond acceptors (Lipinski definition) is 7. The number of benzene rings is 2. The summed E-state index contributed by atoms with van der Waals surface area (Å²) in [6.45, 7) is 2.41. The first kappa shape index (κ1) is 20.1. The molecule has 7 nitrogen and oxygen atoms in total. The number of Topliss-reactive ketones (excluding diaryl/α,β-unsaturated/α-hetero) is 1. The van der Waals surface area contributed by atoms with E-state index in [-0.39, 0.29) is 17.3 Å². The molecule has 0 unspecified atom stereocenters. The van der Waals surface area contributed by atoms with Crippen molar-refractivity contribution in [3.8, 4) is 5.75 Å². The molecular formula is C22H22N2O5. The zero-order chi connectivity index (χ0) is 20.8. The van der Waals surface area contributed by atoms with E-state index in [0.717, 1.165) is 12.8 Å². The van der Waals surface area contributed by atoms with Gasteiger partial charge >= 0.3 is 11.9 Å². The predicted molar refractivity (Wildman–Crippen MR) is 109 cm³/mol. The number of carbonyl (C=O) groups is 3. The van der Waals surface area contributed by atoms with Crippen molar-refractivity contribution in [1.82, 2.24) is 0 Å². The molecule has 2 aromatic rings. The first-order valence-corrected chi connectivity index (χ1v) is 9.36. The first-order valence-electron chi connectivity index (χ1n) is 9.36. The fraction of sp³-hybridized carbons (Fsp3) is 0.227. The van der Waals surface area contributed by atoms with Gasteiger partial charge in [-0.2, -0.15) is 0 Å². The summed E-state index contributed by atoms with van der Waals surface area (Å²) >= 11 is 0. The maximum Gasteiger partial charge on any atom is 0.349 e. The maximum atomic E-state index is 12.7. The molecule has 150 valence electrons. The molecule has 2 N–H and O–H groups in total. The maximum absolute atomic E-state index is 12.7. The number of para-hydroxylation sites is 1. The average molecular weight is 394 g/mol. The number of unbranched alkanes of at least 4 members (excludes halogenated alkanes) is 1. The number of rotatable bonds is 7. The van der Waals surface area contributed by atoms with E-state index in [4.69, 9.17) is 9.47 Å². The molecule has 0 radical (unpaired) electrons. The van der Waals surface area contributed by atoms with Crippen LogP contribution in [0.3, 0.4) is 0 Å². The number of nitrogens with one attached hydrogen (secondary N) is 2. The van der Waals surface area contributed by atoms with Crippen LogP contribution in [-0.4, -0.2) is 31.4 Å². The molecule has 0 atom stereocenters. The second-order valence-corrected chi connectivity index (χ2v) is 6.42. The highest BCUT2D eigenvalue weighted by atomic mass is 16.5. The number of hydrogen-bond donors (Lipinski definition) is 2. The molecule has 0 saturated heterocycles. The lowest BCUT2D eigenvalue weighted by atomic mass is 9.99. The molecular weight excluding hydrogens is 372 g/mol.